The molecule has 1 aromatic carbocycles. The Labute approximate surface area is 181 Å². The van der Waals surface area contributed by atoms with E-state index in [0.717, 1.165) is 0 Å². The standard InChI is InChI=1S/C13H6F6N.C7H7NO.Ir/c14-12(15,16)9-5-8(11-3-1-2-4-20-11)6-10(7-9)13(17,18)19;1-6(9)7-4-2-3-5-8-7;/h1-5,7H;2-5,9H,1H2;/q-1;;. The fourth-order valence-corrected chi connectivity index (χ4v) is 2.08. The molecule has 10 heteroatoms. The molecule has 0 amide bonds. The van der Waals surface area contributed by atoms with Crippen LogP contribution in [0.3, 0.4) is 0 Å². The first-order valence-corrected chi connectivity index (χ1v) is 7.91. The van der Waals surface area contributed by atoms with E-state index in [-0.39, 0.29) is 43.2 Å². The van der Waals surface area contributed by atoms with Crippen molar-refractivity contribution in [2.24, 2.45) is 0 Å². The van der Waals surface area contributed by atoms with Crippen LogP contribution in [0.1, 0.15) is 16.8 Å². The van der Waals surface area contributed by atoms with Gasteiger partial charge in [-0.3, -0.25) is 4.98 Å². The van der Waals surface area contributed by atoms with E-state index >= 15 is 0 Å². The van der Waals surface area contributed by atoms with Crippen LogP contribution >= 0.6 is 0 Å². The van der Waals surface area contributed by atoms with Crippen molar-refractivity contribution in [1.29, 1.82) is 0 Å². The summed E-state index contributed by atoms with van der Waals surface area (Å²) in [4.78, 5) is 7.56. The summed E-state index contributed by atoms with van der Waals surface area (Å²) in [5, 5.41) is 8.77. The Hall–Kier alpha value is -2.71. The molecular formula is C20H13F6IrN2O-. The molecule has 161 valence electrons. The molecule has 2 aromatic heterocycles. The van der Waals surface area contributed by atoms with Crippen molar-refractivity contribution in [3.05, 3.63) is 90.4 Å². The second-order valence-corrected chi connectivity index (χ2v) is 5.57. The normalized spacial score (nSPS) is 11.0. The number of hydrogen-bond acceptors (Lipinski definition) is 3. The third-order valence-corrected chi connectivity index (χ3v) is 3.40. The van der Waals surface area contributed by atoms with E-state index in [2.05, 4.69) is 16.5 Å². The van der Waals surface area contributed by atoms with Crippen LogP contribution in [0, 0.1) is 6.07 Å². The van der Waals surface area contributed by atoms with E-state index in [9.17, 15) is 26.3 Å². The van der Waals surface area contributed by atoms with Gasteiger partial charge in [-0.05, 0) is 35.0 Å². The molecule has 1 radical (unpaired) electrons. The van der Waals surface area contributed by atoms with E-state index in [0.29, 0.717) is 11.8 Å². The largest absolute Gasteiger partial charge is 0.506 e. The van der Waals surface area contributed by atoms with E-state index in [1.807, 2.05) is 6.07 Å². The van der Waals surface area contributed by atoms with Crippen LogP contribution in [-0.4, -0.2) is 15.1 Å². The topological polar surface area (TPSA) is 46.0 Å². The van der Waals surface area contributed by atoms with Gasteiger partial charge in [0.2, 0.25) is 0 Å². The van der Waals surface area contributed by atoms with E-state index in [1.165, 1.54) is 24.4 Å². The van der Waals surface area contributed by atoms with Gasteiger partial charge in [0.25, 0.3) is 0 Å². The summed E-state index contributed by atoms with van der Waals surface area (Å²) in [6, 6.07) is 12.1. The number of benzene rings is 1. The Morgan fingerprint density at radius 2 is 1.47 bits per heavy atom. The van der Waals surface area contributed by atoms with Gasteiger partial charge in [-0.1, -0.05) is 24.8 Å². The Kier molecular flexibility index (Phi) is 8.74. The van der Waals surface area contributed by atoms with Crippen LogP contribution in [0.5, 0.6) is 0 Å². The molecule has 3 aromatic rings. The number of aliphatic hydroxyl groups is 1. The van der Waals surface area contributed by atoms with Gasteiger partial charge in [-0.2, -0.15) is 26.3 Å². The Bertz CT molecular complexity index is 928. The predicted molar refractivity (Wildman–Crippen MR) is 94.4 cm³/mol. The molecule has 0 aliphatic heterocycles. The molecule has 1 N–H and O–H groups in total. The average molecular weight is 604 g/mol. The van der Waals surface area contributed by atoms with Crippen molar-refractivity contribution in [3.63, 3.8) is 0 Å². The SMILES string of the molecule is C=C(O)c1ccccn1.FC(F)(F)c1[c-]c(-c2ccccn2)cc(C(F)(F)F)c1.[Ir]. The first-order valence-electron chi connectivity index (χ1n) is 7.91. The van der Waals surface area contributed by atoms with Gasteiger partial charge in [-0.15, -0.1) is 23.8 Å². The fourth-order valence-electron chi connectivity index (χ4n) is 2.08. The molecule has 0 unspecified atom stereocenters. The maximum Gasteiger partial charge on any atom is 0.399 e. The zero-order valence-corrected chi connectivity index (χ0v) is 17.3. The Balaban J connectivity index is 0.000000379. The summed E-state index contributed by atoms with van der Waals surface area (Å²) in [7, 11) is 0. The zero-order chi connectivity index (χ0) is 21.7. The fraction of sp³-hybridized carbons (Fsp3) is 0.100. The third kappa shape index (κ3) is 7.27. The molecule has 0 saturated carbocycles. The summed E-state index contributed by atoms with van der Waals surface area (Å²) < 4.78 is 75.8. The van der Waals surface area contributed by atoms with E-state index < -0.39 is 23.5 Å². The monoisotopic (exact) mass is 604 g/mol. The van der Waals surface area contributed by atoms with Crippen molar-refractivity contribution in [2.45, 2.75) is 12.4 Å². The van der Waals surface area contributed by atoms with Crippen molar-refractivity contribution in [3.8, 4) is 11.3 Å². The molecule has 30 heavy (non-hydrogen) atoms. The number of pyridine rings is 2. The molecule has 0 aliphatic carbocycles. The van der Waals surface area contributed by atoms with Gasteiger partial charge >= 0.3 is 12.4 Å². The molecule has 0 bridgehead atoms. The van der Waals surface area contributed by atoms with Crippen LogP contribution in [0.15, 0.2) is 67.5 Å². The van der Waals surface area contributed by atoms with Gasteiger partial charge in [0.1, 0.15) is 11.5 Å². The van der Waals surface area contributed by atoms with Crippen LogP contribution < -0.4 is 0 Å². The van der Waals surface area contributed by atoms with Gasteiger partial charge in [0.15, 0.2) is 0 Å². The number of aliphatic hydroxyl groups excluding tert-OH is 1. The van der Waals surface area contributed by atoms with Crippen LogP contribution in [0.25, 0.3) is 17.0 Å². The summed E-state index contributed by atoms with van der Waals surface area (Å²) in [6.45, 7) is 3.32. The molecule has 0 aliphatic rings. The quantitative estimate of drug-likeness (QED) is 0.216. The second kappa shape index (κ2) is 10.4. The molecule has 0 fully saturated rings. The summed E-state index contributed by atoms with van der Waals surface area (Å²) in [5.41, 5.74) is -2.70. The van der Waals surface area contributed by atoms with Crippen LogP contribution in [-0.2, 0) is 32.5 Å². The average Bonchev–Trinajstić information content (AvgIpc) is 2.68. The minimum atomic E-state index is -4.91. The second-order valence-electron chi connectivity index (χ2n) is 5.57. The van der Waals surface area contributed by atoms with Crippen molar-refractivity contribution < 1.29 is 51.6 Å². The number of nitrogens with zero attached hydrogens (tertiary/aromatic N) is 2. The number of aromatic nitrogens is 2. The van der Waals surface area contributed by atoms with Crippen molar-refractivity contribution in [1.82, 2.24) is 9.97 Å². The minimum absolute atomic E-state index is 0. The molecule has 0 spiro atoms. The number of halogens is 6. The van der Waals surface area contributed by atoms with Gasteiger partial charge in [-0.25, -0.2) is 0 Å². The predicted octanol–water partition coefficient (Wildman–Crippen LogP) is 6.19. The maximum absolute atomic E-state index is 12.7. The van der Waals surface area contributed by atoms with Crippen molar-refractivity contribution in [2.75, 3.05) is 0 Å². The van der Waals surface area contributed by atoms with Crippen molar-refractivity contribution >= 4 is 5.76 Å². The molecule has 2 heterocycles. The Morgan fingerprint density at radius 3 is 1.87 bits per heavy atom. The first kappa shape index (κ1) is 25.3. The smallest absolute Gasteiger partial charge is 0.399 e. The van der Waals surface area contributed by atoms with Gasteiger partial charge in [0.05, 0.1) is 0 Å². The van der Waals surface area contributed by atoms with Crippen LogP contribution in [0.4, 0.5) is 26.3 Å². The number of rotatable bonds is 2. The van der Waals surface area contributed by atoms with Gasteiger partial charge < -0.3 is 10.1 Å². The summed E-state index contributed by atoms with van der Waals surface area (Å²) in [6.07, 6.45) is -6.91. The van der Waals surface area contributed by atoms with Gasteiger partial charge in [0, 0.05) is 32.5 Å². The van der Waals surface area contributed by atoms with E-state index in [1.54, 1.807) is 24.4 Å². The molecular weight excluding hydrogens is 590 g/mol. The number of alkyl halides is 6. The zero-order valence-electron chi connectivity index (χ0n) is 14.9. The maximum atomic E-state index is 12.7. The Morgan fingerprint density at radius 1 is 0.867 bits per heavy atom. The first-order chi connectivity index (χ1) is 13.5. The van der Waals surface area contributed by atoms with E-state index in [4.69, 9.17) is 5.11 Å². The number of hydrogen-bond donors (Lipinski definition) is 1. The summed E-state index contributed by atoms with van der Waals surface area (Å²) >= 11 is 0. The summed E-state index contributed by atoms with van der Waals surface area (Å²) in [5.74, 6) is 0.00981. The minimum Gasteiger partial charge on any atom is -0.506 e. The molecule has 3 nitrogen and oxygen atoms in total. The molecule has 0 atom stereocenters. The third-order valence-electron chi connectivity index (χ3n) is 3.40. The molecule has 3 rings (SSSR count). The molecule has 0 saturated heterocycles. The van der Waals surface area contributed by atoms with Crippen LogP contribution in [0.2, 0.25) is 0 Å².